The van der Waals surface area contributed by atoms with Gasteiger partial charge in [0.2, 0.25) is 0 Å². The SMILES string of the molecule is C1CCOC1.Cc1nc(CCc2cc(C)c(CCCO)s2)cs1.Cc1nc(CCc2cc(C)c(CCCOC(=O)NCC(=O)OC(C)(C)C)s2)cs1. The van der Waals surface area contributed by atoms with Gasteiger partial charge in [-0.1, -0.05) is 0 Å². The van der Waals surface area contributed by atoms with Crippen LogP contribution in [0.25, 0.3) is 0 Å². The van der Waals surface area contributed by atoms with Crippen LogP contribution in [0.1, 0.15) is 98.5 Å². The molecule has 9 nitrogen and oxygen atoms in total. The summed E-state index contributed by atoms with van der Waals surface area (Å²) in [5.41, 5.74) is 4.46. The smallest absolute Gasteiger partial charge is 0.407 e. The molecule has 1 aliphatic heterocycles. The maximum absolute atomic E-state index is 11.7. The summed E-state index contributed by atoms with van der Waals surface area (Å²) in [7, 11) is 0. The van der Waals surface area contributed by atoms with E-state index in [1.54, 1.807) is 43.4 Å². The van der Waals surface area contributed by atoms with Crippen LogP contribution in [0.15, 0.2) is 22.9 Å². The predicted octanol–water partition coefficient (Wildman–Crippen LogP) is 8.94. The number of aliphatic hydroxyl groups is 1. The molecule has 5 heterocycles. The van der Waals surface area contributed by atoms with Crippen molar-refractivity contribution in [1.29, 1.82) is 0 Å². The highest BCUT2D eigenvalue weighted by molar-refractivity contribution is 7.12. The molecule has 0 spiro atoms. The van der Waals surface area contributed by atoms with Crippen LogP contribution < -0.4 is 5.32 Å². The van der Waals surface area contributed by atoms with Crippen molar-refractivity contribution in [1.82, 2.24) is 15.3 Å². The molecular weight excluding hydrogens is 735 g/mol. The lowest BCUT2D eigenvalue weighted by Crippen LogP contribution is -2.35. The van der Waals surface area contributed by atoms with Crippen molar-refractivity contribution in [3.63, 3.8) is 0 Å². The standard InChI is InChI=1S/C21H30N2O4S2.C14H19NOS2.C4H8O/c1-14-11-17(9-8-16-13-28-15(2)23-16)29-18(14)7-6-10-26-20(25)22-12-19(24)27-21(3,4)5;1-10-8-13(18-14(10)4-3-7-16)6-5-12-9-17-11(2)15-12;1-2-4-5-3-1/h11,13H,6-10,12H2,1-5H3,(H,22,25);8-9,16H,3-7H2,1-2H3;1-4H2. The van der Waals surface area contributed by atoms with Crippen molar-refractivity contribution < 1.29 is 28.9 Å². The van der Waals surface area contributed by atoms with Gasteiger partial charge in [-0.3, -0.25) is 4.79 Å². The number of hydrogen-bond donors (Lipinski definition) is 2. The van der Waals surface area contributed by atoms with Crippen molar-refractivity contribution in [2.75, 3.05) is 33.0 Å². The third-order valence-corrected chi connectivity index (χ3v) is 12.1. The van der Waals surface area contributed by atoms with Crippen LogP contribution in [-0.2, 0) is 57.5 Å². The Morgan fingerprint density at radius 2 is 1.33 bits per heavy atom. The molecule has 52 heavy (non-hydrogen) atoms. The number of thiophene rings is 2. The molecule has 0 saturated carbocycles. The quantitative estimate of drug-likeness (QED) is 0.0905. The maximum atomic E-state index is 11.7. The van der Waals surface area contributed by atoms with Crippen LogP contribution in [0.4, 0.5) is 4.79 Å². The van der Waals surface area contributed by atoms with Gasteiger partial charge in [-0.05, 0) is 136 Å². The van der Waals surface area contributed by atoms with Gasteiger partial charge in [0, 0.05) is 50.1 Å². The van der Waals surface area contributed by atoms with E-state index in [0.29, 0.717) is 6.61 Å². The Balaban J connectivity index is 0.000000266. The van der Waals surface area contributed by atoms with Gasteiger partial charge in [0.15, 0.2) is 0 Å². The monoisotopic (exact) mass is 791 g/mol. The zero-order valence-corrected chi connectivity index (χ0v) is 35.2. The second kappa shape index (κ2) is 23.2. The van der Waals surface area contributed by atoms with Crippen LogP contribution in [0.5, 0.6) is 0 Å². The minimum Gasteiger partial charge on any atom is -0.459 e. The Labute approximate surface area is 326 Å². The molecule has 1 saturated heterocycles. The van der Waals surface area contributed by atoms with E-state index in [1.165, 1.54) is 49.2 Å². The van der Waals surface area contributed by atoms with E-state index in [9.17, 15) is 9.59 Å². The number of alkyl carbamates (subject to hydrolysis) is 1. The van der Waals surface area contributed by atoms with Crippen molar-refractivity contribution in [2.24, 2.45) is 0 Å². The normalized spacial score (nSPS) is 12.5. The van der Waals surface area contributed by atoms with E-state index in [0.717, 1.165) is 80.3 Å². The number of nitrogens with zero attached hydrogens (tertiary/aromatic N) is 2. The summed E-state index contributed by atoms with van der Waals surface area (Å²) in [6.07, 6.45) is 9.51. The fourth-order valence-corrected chi connectivity index (χ4v) is 8.93. The van der Waals surface area contributed by atoms with Gasteiger partial charge in [-0.15, -0.1) is 45.3 Å². The van der Waals surface area contributed by atoms with Gasteiger partial charge in [0.1, 0.15) is 12.1 Å². The molecule has 5 rings (SSSR count). The average molecular weight is 792 g/mol. The molecule has 1 amide bonds. The number of nitrogens with one attached hydrogen (secondary N) is 1. The van der Waals surface area contributed by atoms with E-state index in [4.69, 9.17) is 19.3 Å². The highest BCUT2D eigenvalue weighted by Crippen LogP contribution is 2.26. The minimum atomic E-state index is -0.599. The lowest BCUT2D eigenvalue weighted by Gasteiger charge is -2.19. The van der Waals surface area contributed by atoms with Gasteiger partial charge in [0.25, 0.3) is 0 Å². The average Bonchev–Trinajstić information content (AvgIpc) is 3.94. The van der Waals surface area contributed by atoms with E-state index < -0.39 is 17.7 Å². The Kier molecular flexibility index (Phi) is 19.5. The molecule has 0 aromatic carbocycles. The summed E-state index contributed by atoms with van der Waals surface area (Å²) in [5.74, 6) is -0.482. The minimum absolute atomic E-state index is 0.192. The number of hydrogen-bond acceptors (Lipinski definition) is 12. The van der Waals surface area contributed by atoms with Crippen molar-refractivity contribution in [3.8, 4) is 0 Å². The molecule has 13 heteroatoms. The van der Waals surface area contributed by atoms with Gasteiger partial charge in [0.05, 0.1) is 28.0 Å². The summed E-state index contributed by atoms with van der Waals surface area (Å²) < 4.78 is 15.2. The van der Waals surface area contributed by atoms with E-state index in [1.807, 2.05) is 29.6 Å². The van der Waals surface area contributed by atoms with Crippen molar-refractivity contribution in [2.45, 2.75) is 118 Å². The second-order valence-electron chi connectivity index (χ2n) is 13.7. The first-order valence-electron chi connectivity index (χ1n) is 18.1. The molecule has 0 unspecified atom stereocenters. The van der Waals surface area contributed by atoms with Crippen LogP contribution in [-0.4, -0.2) is 65.7 Å². The Bertz CT molecular complexity index is 1620. The fourth-order valence-electron chi connectivity index (χ4n) is 5.19. The number of aromatic nitrogens is 2. The first kappa shape index (κ1) is 43.7. The molecule has 0 aliphatic carbocycles. The summed E-state index contributed by atoms with van der Waals surface area (Å²) in [6, 6.07) is 4.53. The van der Waals surface area contributed by atoms with Gasteiger partial charge in [-0.2, -0.15) is 0 Å². The number of aryl methyl sites for hydroxylation is 10. The number of amides is 1. The van der Waals surface area contributed by atoms with Crippen LogP contribution >= 0.6 is 45.3 Å². The van der Waals surface area contributed by atoms with E-state index in [2.05, 4.69) is 58.9 Å². The predicted molar refractivity (Wildman–Crippen MR) is 216 cm³/mol. The van der Waals surface area contributed by atoms with E-state index in [-0.39, 0.29) is 13.2 Å². The van der Waals surface area contributed by atoms with E-state index >= 15 is 0 Å². The Morgan fingerprint density at radius 3 is 1.75 bits per heavy atom. The Hall–Kier alpha value is -2.68. The first-order chi connectivity index (χ1) is 24.8. The van der Waals surface area contributed by atoms with Crippen LogP contribution in [0.2, 0.25) is 0 Å². The summed E-state index contributed by atoms with van der Waals surface area (Å²) >= 11 is 7.13. The van der Waals surface area contributed by atoms with Crippen LogP contribution in [0.3, 0.4) is 0 Å². The Morgan fingerprint density at radius 1 is 0.808 bits per heavy atom. The topological polar surface area (TPSA) is 120 Å². The molecule has 1 aliphatic rings. The third kappa shape index (κ3) is 17.9. The lowest BCUT2D eigenvalue weighted by atomic mass is 10.1. The number of carbonyl (C=O) groups is 2. The molecule has 288 valence electrons. The molecule has 0 bridgehead atoms. The first-order valence-corrected chi connectivity index (χ1v) is 21.5. The fraction of sp³-hybridized carbons (Fsp3) is 0.590. The number of esters is 1. The maximum Gasteiger partial charge on any atom is 0.407 e. The largest absolute Gasteiger partial charge is 0.459 e. The number of ether oxygens (including phenoxy) is 3. The van der Waals surface area contributed by atoms with Crippen molar-refractivity contribution >= 4 is 57.4 Å². The molecule has 4 aromatic rings. The zero-order valence-electron chi connectivity index (χ0n) is 31.9. The molecule has 0 radical (unpaired) electrons. The van der Waals surface area contributed by atoms with Gasteiger partial charge >= 0.3 is 12.1 Å². The number of aliphatic hydroxyl groups excluding tert-OH is 1. The third-order valence-electron chi connectivity index (χ3n) is 7.70. The summed E-state index contributed by atoms with van der Waals surface area (Å²) in [5, 5.41) is 17.8. The molecule has 0 atom stereocenters. The highest BCUT2D eigenvalue weighted by atomic mass is 32.1. The molecular formula is C39H57N3O6S4. The molecule has 2 N–H and O–H groups in total. The lowest BCUT2D eigenvalue weighted by molar-refractivity contribution is -0.153. The highest BCUT2D eigenvalue weighted by Gasteiger charge is 2.17. The van der Waals surface area contributed by atoms with Crippen LogP contribution in [0, 0.1) is 27.7 Å². The summed E-state index contributed by atoms with van der Waals surface area (Å²) in [4.78, 5) is 37.8. The van der Waals surface area contributed by atoms with Gasteiger partial charge < -0.3 is 24.6 Å². The van der Waals surface area contributed by atoms with Gasteiger partial charge in [-0.25, -0.2) is 14.8 Å². The zero-order chi connectivity index (χ0) is 37.9. The number of thiazole rings is 2. The number of rotatable bonds is 15. The second-order valence-corrected chi connectivity index (χ2v) is 18.2. The number of carbonyl (C=O) groups excluding carboxylic acids is 2. The summed E-state index contributed by atoms with van der Waals surface area (Å²) in [6.45, 7) is 16.1. The van der Waals surface area contributed by atoms with Crippen molar-refractivity contribution in [3.05, 3.63) is 74.9 Å². The molecule has 4 aromatic heterocycles. The molecule has 1 fully saturated rings.